The fourth-order valence-electron chi connectivity index (χ4n) is 7.98. The van der Waals surface area contributed by atoms with Gasteiger partial charge in [-0.2, -0.15) is 13.2 Å². The number of alkyl halides is 3. The SMILES string of the molecule is CNC(=O)C(CCC=O)Nc1ccc(N2CCC(CC(=O)N3CCN(Cc4c(OC)cc(-c5cn(C)c(=O)c6cnccc56)cc4OC)CC3)CC2)c(C(F)(F)F)c1. The minimum Gasteiger partial charge on any atom is -0.496 e. The molecule has 2 fully saturated rings. The molecule has 2 N–H and O–H groups in total. The molecular weight excluding hydrogens is 755 g/mol. The molecule has 1 atom stereocenters. The molecule has 13 nitrogen and oxygen atoms in total. The number of aromatic nitrogens is 2. The lowest BCUT2D eigenvalue weighted by atomic mass is 9.92. The Bertz CT molecular complexity index is 2150. The van der Waals surface area contributed by atoms with Crippen LogP contribution in [0.2, 0.25) is 0 Å². The lowest BCUT2D eigenvalue weighted by molar-refractivity contribution is -0.137. The van der Waals surface area contributed by atoms with Crippen molar-refractivity contribution in [1.82, 2.24) is 24.7 Å². The van der Waals surface area contributed by atoms with Crippen molar-refractivity contribution in [2.24, 2.45) is 13.0 Å². The number of fused-ring (bicyclic) bond motifs is 1. The summed E-state index contributed by atoms with van der Waals surface area (Å²) in [4.78, 5) is 59.4. The largest absolute Gasteiger partial charge is 0.496 e. The summed E-state index contributed by atoms with van der Waals surface area (Å²) in [6.07, 6.45) is 2.78. The highest BCUT2D eigenvalue weighted by Gasteiger charge is 2.37. The van der Waals surface area contributed by atoms with Crippen LogP contribution in [0.1, 0.15) is 43.2 Å². The Morgan fingerprint density at radius 2 is 1.67 bits per heavy atom. The number of carbonyl (C=O) groups is 3. The number of piperazine rings is 1. The molecule has 0 saturated carbocycles. The summed E-state index contributed by atoms with van der Waals surface area (Å²) in [5.74, 6) is 0.963. The third-order valence-corrected chi connectivity index (χ3v) is 11.2. The van der Waals surface area contributed by atoms with Crippen molar-refractivity contribution in [3.63, 3.8) is 0 Å². The Balaban J connectivity index is 1.05. The molecule has 0 spiro atoms. The predicted molar refractivity (Wildman–Crippen MR) is 215 cm³/mol. The molecule has 0 bridgehead atoms. The summed E-state index contributed by atoms with van der Waals surface area (Å²) in [5.41, 5.74) is 1.80. The summed E-state index contributed by atoms with van der Waals surface area (Å²) in [7, 11) is 6.36. The number of hydrogen-bond donors (Lipinski definition) is 2. The number of carbonyl (C=O) groups excluding carboxylic acids is 3. The molecule has 1 unspecified atom stereocenters. The van der Waals surface area contributed by atoms with Gasteiger partial charge >= 0.3 is 6.18 Å². The molecule has 2 aromatic heterocycles. The van der Waals surface area contributed by atoms with Gasteiger partial charge in [-0.1, -0.05) is 0 Å². The first-order valence-electron chi connectivity index (χ1n) is 19.4. The number of nitrogens with zero attached hydrogens (tertiary/aromatic N) is 5. The van der Waals surface area contributed by atoms with Gasteiger partial charge in [0.1, 0.15) is 23.8 Å². The number of hydrogen-bond acceptors (Lipinski definition) is 10. The van der Waals surface area contributed by atoms with Gasteiger partial charge in [-0.25, -0.2) is 0 Å². The van der Waals surface area contributed by atoms with Crippen LogP contribution in [0.15, 0.2) is 59.8 Å². The fraction of sp³-hybridized carbons (Fsp3) is 0.452. The second-order valence-electron chi connectivity index (χ2n) is 14.8. The van der Waals surface area contributed by atoms with Crippen LogP contribution in [0.3, 0.4) is 0 Å². The lowest BCUT2D eigenvalue weighted by Gasteiger charge is -2.38. The molecule has 58 heavy (non-hydrogen) atoms. The molecule has 4 heterocycles. The number of methoxy groups -OCH3 is 2. The van der Waals surface area contributed by atoms with E-state index in [4.69, 9.17) is 9.47 Å². The molecule has 6 rings (SSSR count). The van der Waals surface area contributed by atoms with Crippen LogP contribution in [0, 0.1) is 5.92 Å². The third-order valence-electron chi connectivity index (χ3n) is 11.2. The number of likely N-dealkylation sites (N-methyl/N-ethyl adjacent to an activating group) is 1. The fourth-order valence-corrected chi connectivity index (χ4v) is 7.98. The molecular formula is C42H50F3N7O6. The normalized spacial score (nSPS) is 15.9. The third kappa shape index (κ3) is 9.38. The zero-order chi connectivity index (χ0) is 41.6. The monoisotopic (exact) mass is 805 g/mol. The molecule has 2 aliphatic rings. The van der Waals surface area contributed by atoms with E-state index in [0.29, 0.717) is 88.2 Å². The highest BCUT2D eigenvalue weighted by Crippen LogP contribution is 2.41. The van der Waals surface area contributed by atoms with Gasteiger partial charge in [0.15, 0.2) is 0 Å². The van der Waals surface area contributed by atoms with Crippen molar-refractivity contribution in [2.75, 3.05) is 70.8 Å². The number of piperidine rings is 1. The first-order valence-corrected chi connectivity index (χ1v) is 19.4. The van der Waals surface area contributed by atoms with E-state index in [1.54, 1.807) is 44.8 Å². The van der Waals surface area contributed by atoms with Gasteiger partial charge in [0, 0.05) is 108 Å². The van der Waals surface area contributed by atoms with Gasteiger partial charge in [0.2, 0.25) is 11.8 Å². The van der Waals surface area contributed by atoms with Gasteiger partial charge in [0.05, 0.1) is 30.7 Å². The van der Waals surface area contributed by atoms with Gasteiger partial charge in [-0.3, -0.25) is 24.3 Å². The summed E-state index contributed by atoms with van der Waals surface area (Å²) >= 11 is 0. The van der Waals surface area contributed by atoms with Gasteiger partial charge in [-0.05, 0) is 72.5 Å². The predicted octanol–water partition coefficient (Wildman–Crippen LogP) is 5.09. The minimum atomic E-state index is -4.63. The summed E-state index contributed by atoms with van der Waals surface area (Å²) in [6.45, 7) is 3.66. The van der Waals surface area contributed by atoms with Crippen molar-refractivity contribution >= 4 is 40.2 Å². The molecule has 0 radical (unpaired) electrons. The van der Waals surface area contributed by atoms with Crippen LogP contribution < -0.4 is 30.6 Å². The number of amides is 2. The maximum absolute atomic E-state index is 14.3. The van der Waals surface area contributed by atoms with Crippen LogP contribution in [0.5, 0.6) is 11.5 Å². The van der Waals surface area contributed by atoms with Crippen molar-refractivity contribution in [1.29, 1.82) is 0 Å². The van der Waals surface area contributed by atoms with E-state index in [2.05, 4.69) is 20.5 Å². The summed E-state index contributed by atoms with van der Waals surface area (Å²) < 4.78 is 56.2. The Morgan fingerprint density at radius 1 is 0.983 bits per heavy atom. The highest BCUT2D eigenvalue weighted by molar-refractivity contribution is 5.96. The second-order valence-corrected chi connectivity index (χ2v) is 14.8. The quantitative estimate of drug-likeness (QED) is 0.166. The second kappa shape index (κ2) is 18.3. The van der Waals surface area contributed by atoms with E-state index < -0.39 is 23.7 Å². The van der Waals surface area contributed by atoms with Crippen LogP contribution in [-0.4, -0.2) is 104 Å². The van der Waals surface area contributed by atoms with Crippen molar-refractivity contribution < 1.29 is 37.0 Å². The Morgan fingerprint density at radius 3 is 2.29 bits per heavy atom. The van der Waals surface area contributed by atoms with Crippen molar-refractivity contribution in [3.05, 3.63) is 76.5 Å². The molecule has 2 saturated heterocycles. The smallest absolute Gasteiger partial charge is 0.418 e. The first kappa shape index (κ1) is 42.0. The Labute approximate surface area is 335 Å². The summed E-state index contributed by atoms with van der Waals surface area (Å²) in [6, 6.07) is 8.81. The minimum absolute atomic E-state index is 0.0453. The molecule has 16 heteroatoms. The number of benzene rings is 2. The number of rotatable bonds is 14. The number of anilines is 2. The molecule has 2 amide bonds. The highest BCUT2D eigenvalue weighted by atomic mass is 19.4. The number of ether oxygens (including phenoxy) is 2. The molecule has 0 aliphatic carbocycles. The van der Waals surface area contributed by atoms with Crippen LogP contribution in [0.25, 0.3) is 21.9 Å². The van der Waals surface area contributed by atoms with Gasteiger partial charge in [0.25, 0.3) is 5.56 Å². The number of halogens is 3. The number of pyridine rings is 2. The Kier molecular flexibility index (Phi) is 13.2. The number of aldehydes is 1. The van der Waals surface area contributed by atoms with Crippen molar-refractivity contribution in [2.45, 2.75) is 50.9 Å². The Hall–Kier alpha value is -5.64. The maximum Gasteiger partial charge on any atom is 0.418 e. The topological polar surface area (TPSA) is 138 Å². The number of aryl methyl sites for hydroxylation is 1. The van der Waals surface area contributed by atoms with E-state index in [0.717, 1.165) is 28.1 Å². The standard InChI is InChI=1S/C42H50F3N7O6/c1-46-40(55)35(6-5-19-53)48-29-7-8-36(34(23-29)42(43,44)45)51-13-10-27(11-14-51)20-39(54)52-17-15-50(16-18-52)26-33-37(57-3)21-28(22-38(33)58-4)32-25-49(2)41(56)31-24-47-12-9-30(31)32/h7-9,12,19,21-25,27,35,48H,5-6,10-11,13-18,20,26H2,1-4H3,(H,46,55). The van der Waals surface area contributed by atoms with E-state index in [9.17, 15) is 32.3 Å². The zero-order valence-electron chi connectivity index (χ0n) is 33.2. The number of nitrogens with one attached hydrogen (secondary N) is 2. The first-order chi connectivity index (χ1) is 27.8. The van der Waals surface area contributed by atoms with E-state index in [1.165, 1.54) is 23.7 Å². The van der Waals surface area contributed by atoms with E-state index >= 15 is 0 Å². The van der Waals surface area contributed by atoms with Crippen molar-refractivity contribution in [3.8, 4) is 22.6 Å². The average molecular weight is 806 g/mol. The molecule has 4 aromatic rings. The molecule has 2 aromatic carbocycles. The maximum atomic E-state index is 14.3. The van der Waals surface area contributed by atoms with Gasteiger partial charge < -0.3 is 39.3 Å². The average Bonchev–Trinajstić information content (AvgIpc) is 3.23. The van der Waals surface area contributed by atoms with E-state index in [-0.39, 0.29) is 41.6 Å². The van der Waals surface area contributed by atoms with E-state index in [1.807, 2.05) is 23.1 Å². The molecule has 2 aliphatic heterocycles. The summed E-state index contributed by atoms with van der Waals surface area (Å²) in [5, 5.41) is 6.62. The zero-order valence-corrected chi connectivity index (χ0v) is 33.2. The molecule has 310 valence electrons. The van der Waals surface area contributed by atoms with Crippen LogP contribution >= 0.6 is 0 Å². The van der Waals surface area contributed by atoms with Gasteiger partial charge in [-0.15, -0.1) is 0 Å². The lowest BCUT2D eigenvalue weighted by Crippen LogP contribution is -2.49. The van der Waals surface area contributed by atoms with Crippen LogP contribution in [-0.2, 0) is 34.2 Å². The van der Waals surface area contributed by atoms with Crippen LogP contribution in [0.4, 0.5) is 24.5 Å².